The second-order valence-electron chi connectivity index (χ2n) is 5.24. The molecule has 4 heteroatoms. The van der Waals surface area contributed by atoms with Gasteiger partial charge in [-0.15, -0.1) is 0 Å². The van der Waals surface area contributed by atoms with E-state index in [9.17, 15) is 5.11 Å². The molecule has 0 aliphatic rings. The van der Waals surface area contributed by atoms with Crippen LogP contribution >= 0.6 is 34.8 Å². The highest BCUT2D eigenvalue weighted by molar-refractivity contribution is 6.40. The predicted molar refractivity (Wildman–Crippen MR) is 95.6 cm³/mol. The van der Waals surface area contributed by atoms with Crippen LogP contribution in [0.2, 0.25) is 15.1 Å². The molecule has 0 saturated heterocycles. The Kier molecular flexibility index (Phi) is 3.98. The first kappa shape index (κ1) is 15.5. The van der Waals surface area contributed by atoms with Crippen molar-refractivity contribution in [3.8, 4) is 16.9 Å². The van der Waals surface area contributed by atoms with E-state index >= 15 is 0 Å². The van der Waals surface area contributed by atoms with E-state index in [4.69, 9.17) is 34.8 Å². The fourth-order valence-electron chi connectivity index (χ4n) is 2.64. The molecule has 3 aromatic carbocycles. The Morgan fingerprint density at radius 3 is 2.09 bits per heavy atom. The molecule has 0 bridgehead atoms. The molecular formula is C18H13Cl3O. The molecule has 0 atom stereocenters. The highest BCUT2D eigenvalue weighted by Crippen LogP contribution is 2.46. The molecule has 1 nitrogen and oxygen atoms in total. The maximum atomic E-state index is 10.3. The normalized spacial score (nSPS) is 11.1. The first-order valence-electron chi connectivity index (χ1n) is 6.78. The summed E-state index contributed by atoms with van der Waals surface area (Å²) < 4.78 is 0. The minimum Gasteiger partial charge on any atom is -0.507 e. The van der Waals surface area contributed by atoms with Crippen LogP contribution < -0.4 is 0 Å². The predicted octanol–water partition coefficient (Wildman–Crippen LogP) is 6.79. The molecular weight excluding hydrogens is 339 g/mol. The average Bonchev–Trinajstić information content (AvgIpc) is 2.53. The fourth-order valence-corrected chi connectivity index (χ4v) is 3.40. The molecule has 3 aromatic rings. The number of phenolic OH excluding ortho intramolecular Hbond substituents is 1. The van der Waals surface area contributed by atoms with E-state index in [1.54, 1.807) is 6.92 Å². The van der Waals surface area contributed by atoms with Crippen LogP contribution in [-0.4, -0.2) is 5.11 Å². The van der Waals surface area contributed by atoms with Gasteiger partial charge in [-0.2, -0.15) is 0 Å². The van der Waals surface area contributed by atoms with Crippen LogP contribution in [0.3, 0.4) is 0 Å². The monoisotopic (exact) mass is 350 g/mol. The number of hydrogen-bond donors (Lipinski definition) is 1. The number of fused-ring (bicyclic) bond motifs is 1. The minimum atomic E-state index is 0.200. The van der Waals surface area contributed by atoms with Crippen molar-refractivity contribution in [2.24, 2.45) is 0 Å². The summed E-state index contributed by atoms with van der Waals surface area (Å²) in [6.45, 7) is 3.67. The Hall–Kier alpha value is -1.41. The van der Waals surface area contributed by atoms with E-state index in [2.05, 4.69) is 0 Å². The molecule has 1 N–H and O–H groups in total. The van der Waals surface area contributed by atoms with Gasteiger partial charge in [0.15, 0.2) is 0 Å². The molecule has 112 valence electrons. The van der Waals surface area contributed by atoms with Gasteiger partial charge in [0.1, 0.15) is 5.75 Å². The molecule has 0 aliphatic carbocycles. The third-order valence-electron chi connectivity index (χ3n) is 3.95. The van der Waals surface area contributed by atoms with Crippen molar-refractivity contribution in [3.63, 3.8) is 0 Å². The van der Waals surface area contributed by atoms with Gasteiger partial charge in [-0.25, -0.2) is 0 Å². The molecule has 3 rings (SSSR count). The highest BCUT2D eigenvalue weighted by atomic mass is 35.5. The van der Waals surface area contributed by atoms with E-state index in [0.717, 1.165) is 27.5 Å². The number of hydrogen-bond acceptors (Lipinski definition) is 1. The Morgan fingerprint density at radius 2 is 1.41 bits per heavy atom. The van der Waals surface area contributed by atoms with Crippen molar-refractivity contribution >= 4 is 45.6 Å². The summed E-state index contributed by atoms with van der Waals surface area (Å²) in [6, 6.07) is 11.3. The zero-order valence-electron chi connectivity index (χ0n) is 12.0. The average molecular weight is 352 g/mol. The van der Waals surface area contributed by atoms with E-state index < -0.39 is 0 Å². The van der Waals surface area contributed by atoms with Gasteiger partial charge < -0.3 is 5.11 Å². The number of halogens is 3. The van der Waals surface area contributed by atoms with Crippen LogP contribution in [0, 0.1) is 13.8 Å². The van der Waals surface area contributed by atoms with Gasteiger partial charge >= 0.3 is 0 Å². The Morgan fingerprint density at radius 1 is 0.773 bits per heavy atom. The summed E-state index contributed by atoms with van der Waals surface area (Å²) in [5.74, 6) is 0.200. The standard InChI is InChI=1S/C18H13Cl3O/c1-9-14(19)8-7-13(16(9)20)15-11-5-3-4-6-12(11)18(22)10(2)17(15)21/h3-8,22H,1-2H3. The van der Waals surface area contributed by atoms with Gasteiger partial charge in [-0.1, -0.05) is 65.1 Å². The summed E-state index contributed by atoms with van der Waals surface area (Å²) in [6.07, 6.45) is 0. The summed E-state index contributed by atoms with van der Waals surface area (Å²) in [5, 5.41) is 13.6. The van der Waals surface area contributed by atoms with Crippen LogP contribution in [0.5, 0.6) is 5.75 Å². The van der Waals surface area contributed by atoms with Crippen molar-refractivity contribution in [1.29, 1.82) is 0 Å². The smallest absolute Gasteiger partial charge is 0.127 e. The maximum Gasteiger partial charge on any atom is 0.127 e. The number of aromatic hydroxyl groups is 1. The van der Waals surface area contributed by atoms with E-state index in [1.165, 1.54) is 0 Å². The van der Waals surface area contributed by atoms with Crippen LogP contribution in [-0.2, 0) is 0 Å². The van der Waals surface area contributed by atoms with Crippen LogP contribution in [0.15, 0.2) is 36.4 Å². The summed E-state index contributed by atoms with van der Waals surface area (Å²) in [7, 11) is 0. The van der Waals surface area contributed by atoms with Crippen molar-refractivity contribution in [1.82, 2.24) is 0 Å². The Labute approximate surface area is 144 Å². The second kappa shape index (κ2) is 5.66. The van der Waals surface area contributed by atoms with Crippen LogP contribution in [0.4, 0.5) is 0 Å². The molecule has 0 heterocycles. The zero-order valence-corrected chi connectivity index (χ0v) is 14.3. The fraction of sp³-hybridized carbons (Fsp3) is 0.111. The number of benzene rings is 3. The second-order valence-corrected chi connectivity index (χ2v) is 6.41. The molecule has 0 aromatic heterocycles. The first-order chi connectivity index (χ1) is 10.4. The number of rotatable bonds is 1. The Balaban J connectivity index is 2.49. The lowest BCUT2D eigenvalue weighted by Crippen LogP contribution is -1.91. The number of phenols is 1. The maximum absolute atomic E-state index is 10.3. The summed E-state index contributed by atoms with van der Waals surface area (Å²) in [5.41, 5.74) is 3.08. The molecule has 0 unspecified atom stereocenters. The molecule has 0 amide bonds. The van der Waals surface area contributed by atoms with Crippen molar-refractivity contribution in [2.75, 3.05) is 0 Å². The lowest BCUT2D eigenvalue weighted by atomic mass is 9.94. The van der Waals surface area contributed by atoms with Crippen molar-refractivity contribution in [2.45, 2.75) is 13.8 Å². The first-order valence-corrected chi connectivity index (χ1v) is 7.91. The zero-order chi connectivity index (χ0) is 16.0. The molecule has 0 aliphatic heterocycles. The molecule has 0 spiro atoms. The molecule has 0 fully saturated rings. The largest absolute Gasteiger partial charge is 0.507 e. The van der Waals surface area contributed by atoms with Gasteiger partial charge in [0.05, 0.1) is 10.0 Å². The van der Waals surface area contributed by atoms with E-state index in [-0.39, 0.29) is 5.75 Å². The SMILES string of the molecule is Cc1c(Cl)ccc(-c2c(Cl)c(C)c(O)c3ccccc23)c1Cl. The van der Waals surface area contributed by atoms with Crippen LogP contribution in [0.1, 0.15) is 11.1 Å². The molecule has 0 saturated carbocycles. The quantitative estimate of drug-likeness (QED) is 0.511. The van der Waals surface area contributed by atoms with E-state index in [0.29, 0.717) is 20.6 Å². The summed E-state index contributed by atoms with van der Waals surface area (Å²) in [4.78, 5) is 0. The van der Waals surface area contributed by atoms with Gasteiger partial charge in [0.2, 0.25) is 0 Å². The molecule has 0 radical (unpaired) electrons. The summed E-state index contributed by atoms with van der Waals surface area (Å²) >= 11 is 19.1. The third kappa shape index (κ3) is 2.25. The Bertz CT molecular complexity index is 901. The third-order valence-corrected chi connectivity index (χ3v) is 5.31. The highest BCUT2D eigenvalue weighted by Gasteiger charge is 2.19. The van der Waals surface area contributed by atoms with Crippen molar-refractivity contribution < 1.29 is 5.11 Å². The van der Waals surface area contributed by atoms with Gasteiger partial charge in [0, 0.05) is 27.1 Å². The van der Waals surface area contributed by atoms with Crippen molar-refractivity contribution in [3.05, 3.63) is 62.6 Å². The topological polar surface area (TPSA) is 20.2 Å². The lowest BCUT2D eigenvalue weighted by molar-refractivity contribution is 0.477. The van der Waals surface area contributed by atoms with Gasteiger partial charge in [-0.05, 0) is 30.9 Å². The lowest BCUT2D eigenvalue weighted by Gasteiger charge is -2.16. The van der Waals surface area contributed by atoms with Gasteiger partial charge in [-0.3, -0.25) is 0 Å². The van der Waals surface area contributed by atoms with Gasteiger partial charge in [0.25, 0.3) is 0 Å². The van der Waals surface area contributed by atoms with E-state index in [1.807, 2.05) is 43.3 Å². The minimum absolute atomic E-state index is 0.200. The molecule has 22 heavy (non-hydrogen) atoms. The van der Waals surface area contributed by atoms with Crippen LogP contribution in [0.25, 0.3) is 21.9 Å².